The van der Waals surface area contributed by atoms with Crippen molar-refractivity contribution in [2.24, 2.45) is 0 Å². The first-order valence-corrected chi connectivity index (χ1v) is 7.03. The van der Waals surface area contributed by atoms with Crippen molar-refractivity contribution in [1.82, 2.24) is 10.6 Å². The van der Waals surface area contributed by atoms with Crippen molar-refractivity contribution >= 4 is 36.4 Å². The van der Waals surface area contributed by atoms with Crippen LogP contribution in [0, 0.1) is 0 Å². The van der Waals surface area contributed by atoms with Crippen molar-refractivity contribution < 1.29 is 14.6 Å². The van der Waals surface area contributed by atoms with Crippen LogP contribution in [0.25, 0.3) is 0 Å². The Morgan fingerprint density at radius 3 is 2.32 bits per heavy atom. The van der Waals surface area contributed by atoms with Crippen LogP contribution >= 0.6 is 36.4 Å². The van der Waals surface area contributed by atoms with Gasteiger partial charge in [-0.25, -0.2) is 0 Å². The summed E-state index contributed by atoms with van der Waals surface area (Å²) in [6.07, 6.45) is 1.00. The largest absolute Gasteiger partial charge is 0.493 e. The lowest BCUT2D eigenvalue weighted by Crippen LogP contribution is -2.23. The van der Waals surface area contributed by atoms with Gasteiger partial charge in [-0.05, 0) is 37.2 Å². The van der Waals surface area contributed by atoms with Crippen LogP contribution in [0.2, 0.25) is 5.02 Å². The smallest absolute Gasteiger partial charge is 0.179 e. The molecule has 0 fully saturated rings. The zero-order chi connectivity index (χ0) is 14.8. The molecule has 0 saturated heterocycles. The summed E-state index contributed by atoms with van der Waals surface area (Å²) < 4.78 is 10.5. The lowest BCUT2D eigenvalue weighted by atomic mass is 10.2. The van der Waals surface area contributed by atoms with Crippen molar-refractivity contribution in [3.63, 3.8) is 0 Å². The van der Waals surface area contributed by atoms with Gasteiger partial charge in [0.2, 0.25) is 0 Å². The number of aliphatic hydroxyl groups excluding tert-OH is 1. The first kappa shape index (κ1) is 23.8. The summed E-state index contributed by atoms with van der Waals surface area (Å²) in [7, 11) is 3.17. The van der Waals surface area contributed by atoms with Crippen LogP contribution in [0.4, 0.5) is 0 Å². The molecule has 1 aromatic carbocycles. The van der Waals surface area contributed by atoms with E-state index in [0.717, 1.165) is 31.6 Å². The highest BCUT2D eigenvalue weighted by molar-refractivity contribution is 6.32. The Morgan fingerprint density at radius 2 is 1.73 bits per heavy atom. The second-order valence-corrected chi connectivity index (χ2v) is 4.72. The van der Waals surface area contributed by atoms with E-state index in [2.05, 4.69) is 10.6 Å². The highest BCUT2D eigenvalue weighted by Crippen LogP contribution is 2.35. The van der Waals surface area contributed by atoms with Crippen molar-refractivity contribution in [3.05, 3.63) is 22.7 Å². The van der Waals surface area contributed by atoms with E-state index in [4.69, 9.17) is 26.2 Å². The van der Waals surface area contributed by atoms with Crippen LogP contribution in [0.5, 0.6) is 11.5 Å². The lowest BCUT2D eigenvalue weighted by Gasteiger charge is -2.12. The van der Waals surface area contributed by atoms with E-state index in [1.807, 2.05) is 12.1 Å². The minimum absolute atomic E-state index is 0. The number of ether oxygens (including phenoxy) is 2. The van der Waals surface area contributed by atoms with Gasteiger partial charge in [0.1, 0.15) is 0 Å². The number of rotatable bonds is 10. The molecule has 130 valence electrons. The predicted octanol–water partition coefficient (Wildman–Crippen LogP) is 2.26. The zero-order valence-corrected chi connectivity index (χ0v) is 15.2. The normalized spacial score (nSPS) is 9.64. The standard InChI is InChI=1S/C14H23ClN2O3.2ClH/c1-19-13-9-11(8-12(15)14(13)20-2)10-17-5-3-4-16-6-7-18;;/h8-9,16-18H,3-7,10H2,1-2H3;2*1H. The van der Waals surface area contributed by atoms with Gasteiger partial charge < -0.3 is 25.2 Å². The first-order valence-electron chi connectivity index (χ1n) is 6.65. The van der Waals surface area contributed by atoms with Gasteiger partial charge in [-0.3, -0.25) is 0 Å². The molecule has 0 saturated carbocycles. The Balaban J connectivity index is 0. The number of halogens is 3. The average Bonchev–Trinajstić information content (AvgIpc) is 2.45. The molecule has 0 bridgehead atoms. The second-order valence-electron chi connectivity index (χ2n) is 4.32. The van der Waals surface area contributed by atoms with Gasteiger partial charge in [-0.2, -0.15) is 0 Å². The molecule has 0 unspecified atom stereocenters. The molecule has 0 amide bonds. The van der Waals surface area contributed by atoms with Crippen LogP contribution in [0.3, 0.4) is 0 Å². The Kier molecular flexibility index (Phi) is 15.4. The minimum Gasteiger partial charge on any atom is -0.493 e. The molecule has 0 radical (unpaired) electrons. The summed E-state index contributed by atoms with van der Waals surface area (Å²) in [5.74, 6) is 1.20. The summed E-state index contributed by atoms with van der Waals surface area (Å²) in [6, 6.07) is 3.79. The van der Waals surface area contributed by atoms with Crippen LogP contribution < -0.4 is 20.1 Å². The quantitative estimate of drug-likeness (QED) is 0.548. The SMILES string of the molecule is COc1cc(CNCCCNCCO)cc(Cl)c1OC.Cl.Cl. The highest BCUT2D eigenvalue weighted by Gasteiger charge is 2.10. The van der Waals surface area contributed by atoms with Crippen molar-refractivity contribution in [2.45, 2.75) is 13.0 Å². The molecule has 1 rings (SSSR count). The molecule has 0 atom stereocenters. The van der Waals surface area contributed by atoms with Gasteiger partial charge in [-0.1, -0.05) is 11.6 Å². The number of methoxy groups -OCH3 is 2. The predicted molar refractivity (Wildman–Crippen MR) is 95.3 cm³/mol. The first-order chi connectivity index (χ1) is 9.72. The summed E-state index contributed by atoms with van der Waals surface area (Å²) in [4.78, 5) is 0. The molecule has 8 heteroatoms. The van der Waals surface area contributed by atoms with E-state index in [-0.39, 0.29) is 31.4 Å². The van der Waals surface area contributed by atoms with Crippen LogP contribution in [-0.4, -0.2) is 45.6 Å². The van der Waals surface area contributed by atoms with Crippen molar-refractivity contribution in [3.8, 4) is 11.5 Å². The fourth-order valence-electron chi connectivity index (χ4n) is 1.85. The molecule has 0 aliphatic carbocycles. The molecule has 22 heavy (non-hydrogen) atoms. The van der Waals surface area contributed by atoms with Crippen LogP contribution in [0.15, 0.2) is 12.1 Å². The Bertz CT molecular complexity index is 409. The van der Waals surface area contributed by atoms with Crippen molar-refractivity contribution in [1.29, 1.82) is 0 Å². The van der Waals surface area contributed by atoms with Gasteiger partial charge in [0, 0.05) is 13.1 Å². The number of hydrogen-bond acceptors (Lipinski definition) is 5. The number of benzene rings is 1. The molecule has 0 spiro atoms. The summed E-state index contributed by atoms with van der Waals surface area (Å²) >= 11 is 6.14. The monoisotopic (exact) mass is 374 g/mol. The fourth-order valence-corrected chi connectivity index (χ4v) is 2.16. The third-order valence-corrected chi connectivity index (χ3v) is 3.10. The van der Waals surface area contributed by atoms with E-state index in [1.54, 1.807) is 14.2 Å². The van der Waals surface area contributed by atoms with Crippen LogP contribution in [0.1, 0.15) is 12.0 Å². The van der Waals surface area contributed by atoms with E-state index >= 15 is 0 Å². The maximum atomic E-state index is 8.62. The number of hydrogen-bond donors (Lipinski definition) is 3. The molecule has 0 heterocycles. The number of nitrogens with one attached hydrogen (secondary N) is 2. The molecule has 1 aromatic rings. The maximum Gasteiger partial charge on any atom is 0.179 e. The maximum absolute atomic E-state index is 8.62. The third-order valence-electron chi connectivity index (χ3n) is 2.82. The summed E-state index contributed by atoms with van der Waals surface area (Å²) in [5, 5.41) is 15.6. The van der Waals surface area contributed by atoms with E-state index < -0.39 is 0 Å². The lowest BCUT2D eigenvalue weighted by molar-refractivity contribution is 0.292. The Hall–Kier alpha value is -0.430. The molecule has 3 N–H and O–H groups in total. The molecule has 0 aliphatic heterocycles. The summed E-state index contributed by atoms with van der Waals surface area (Å²) in [6.45, 7) is 3.33. The molecular weight excluding hydrogens is 351 g/mol. The zero-order valence-electron chi connectivity index (χ0n) is 12.9. The fraction of sp³-hybridized carbons (Fsp3) is 0.571. The van der Waals surface area contributed by atoms with E-state index in [1.165, 1.54) is 0 Å². The molecule has 5 nitrogen and oxygen atoms in total. The Morgan fingerprint density at radius 1 is 1.05 bits per heavy atom. The van der Waals surface area contributed by atoms with Gasteiger partial charge in [-0.15, -0.1) is 24.8 Å². The molecular formula is C14H25Cl3N2O3. The van der Waals surface area contributed by atoms with Gasteiger partial charge in [0.05, 0.1) is 25.8 Å². The third kappa shape index (κ3) is 8.27. The van der Waals surface area contributed by atoms with Gasteiger partial charge >= 0.3 is 0 Å². The topological polar surface area (TPSA) is 62.8 Å². The Labute approximate surface area is 149 Å². The number of aliphatic hydroxyl groups is 1. The molecule has 0 aliphatic rings. The minimum atomic E-state index is 0. The highest BCUT2D eigenvalue weighted by atomic mass is 35.5. The van der Waals surface area contributed by atoms with Crippen molar-refractivity contribution in [2.75, 3.05) is 40.5 Å². The van der Waals surface area contributed by atoms with E-state index in [0.29, 0.717) is 23.1 Å². The molecule has 0 aromatic heterocycles. The summed E-state index contributed by atoms with van der Waals surface area (Å²) in [5.41, 5.74) is 1.05. The van der Waals surface area contributed by atoms with Gasteiger partial charge in [0.15, 0.2) is 11.5 Å². The van der Waals surface area contributed by atoms with Gasteiger partial charge in [0.25, 0.3) is 0 Å². The van der Waals surface area contributed by atoms with E-state index in [9.17, 15) is 0 Å². The average molecular weight is 376 g/mol. The second kappa shape index (κ2) is 14.2. The van der Waals surface area contributed by atoms with Crippen LogP contribution in [-0.2, 0) is 6.54 Å².